The van der Waals surface area contributed by atoms with Crippen LogP contribution in [-0.2, 0) is 16.0 Å². The van der Waals surface area contributed by atoms with Crippen LogP contribution in [0.2, 0.25) is 0 Å². The highest BCUT2D eigenvalue weighted by Crippen LogP contribution is 2.29. The molecule has 0 saturated carbocycles. The lowest BCUT2D eigenvalue weighted by molar-refractivity contribution is -0.142. The molecule has 1 aromatic carbocycles. The van der Waals surface area contributed by atoms with Gasteiger partial charge in [-0.2, -0.15) is 14.0 Å². The van der Waals surface area contributed by atoms with Gasteiger partial charge in [-0.25, -0.2) is 0 Å². The average Bonchev–Trinajstić information content (AvgIpc) is 2.32. The molecule has 1 aromatic rings. The number of carbonyl (C=O) groups is 1. The molecule has 19 heavy (non-hydrogen) atoms. The monoisotopic (exact) mass is 333 g/mol. The van der Waals surface area contributed by atoms with Crippen molar-refractivity contribution in [3.8, 4) is 11.8 Å². The van der Waals surface area contributed by atoms with E-state index in [9.17, 15) is 13.6 Å². The molecule has 0 aromatic heterocycles. The molecule has 0 aliphatic rings. The highest BCUT2D eigenvalue weighted by molar-refractivity contribution is 9.10. The van der Waals surface area contributed by atoms with Gasteiger partial charge in [0.2, 0.25) is 0 Å². The van der Waals surface area contributed by atoms with Crippen molar-refractivity contribution >= 4 is 21.9 Å². The van der Waals surface area contributed by atoms with Crippen LogP contribution in [0.1, 0.15) is 18.1 Å². The van der Waals surface area contributed by atoms with E-state index in [1.807, 2.05) is 6.07 Å². The first-order valence-electron chi connectivity index (χ1n) is 5.30. The van der Waals surface area contributed by atoms with Crippen molar-refractivity contribution < 1.29 is 23.0 Å². The van der Waals surface area contributed by atoms with Gasteiger partial charge in [0.05, 0.1) is 18.6 Å². The molecule has 0 aliphatic carbocycles. The van der Waals surface area contributed by atoms with Crippen molar-refractivity contribution in [2.75, 3.05) is 6.61 Å². The van der Waals surface area contributed by atoms with E-state index >= 15 is 0 Å². The summed E-state index contributed by atoms with van der Waals surface area (Å²) in [6.07, 6.45) is -0.238. The van der Waals surface area contributed by atoms with Crippen LogP contribution < -0.4 is 4.74 Å². The van der Waals surface area contributed by atoms with E-state index in [2.05, 4.69) is 20.7 Å². The van der Waals surface area contributed by atoms with E-state index < -0.39 is 12.6 Å². The van der Waals surface area contributed by atoms with Crippen LogP contribution in [0.3, 0.4) is 0 Å². The molecule has 0 N–H and O–H groups in total. The Morgan fingerprint density at radius 1 is 1.53 bits per heavy atom. The number of carbonyl (C=O) groups excluding carboxylic acids is 1. The fraction of sp³-hybridized carbons (Fsp3) is 0.333. The number of ether oxygens (including phenoxy) is 2. The van der Waals surface area contributed by atoms with Crippen LogP contribution in [-0.4, -0.2) is 19.2 Å². The Balaban J connectivity index is 3.10. The molecule has 0 atom stereocenters. The zero-order valence-electron chi connectivity index (χ0n) is 9.95. The largest absolute Gasteiger partial charge is 0.466 e. The minimum atomic E-state index is -3.01. The van der Waals surface area contributed by atoms with Crippen molar-refractivity contribution in [2.24, 2.45) is 0 Å². The Labute approximate surface area is 117 Å². The molecule has 0 amide bonds. The average molecular weight is 334 g/mol. The van der Waals surface area contributed by atoms with Gasteiger partial charge in [0.15, 0.2) is 0 Å². The fourth-order valence-corrected chi connectivity index (χ4v) is 1.81. The van der Waals surface area contributed by atoms with Gasteiger partial charge in [0.25, 0.3) is 0 Å². The van der Waals surface area contributed by atoms with Gasteiger partial charge < -0.3 is 9.47 Å². The summed E-state index contributed by atoms with van der Waals surface area (Å²) in [7, 11) is 0. The van der Waals surface area contributed by atoms with Gasteiger partial charge in [0.1, 0.15) is 11.8 Å². The van der Waals surface area contributed by atoms with Crippen LogP contribution in [0.25, 0.3) is 0 Å². The second-order valence-electron chi connectivity index (χ2n) is 3.41. The van der Waals surface area contributed by atoms with E-state index in [1.165, 1.54) is 12.1 Å². The third kappa shape index (κ3) is 4.48. The lowest BCUT2D eigenvalue weighted by atomic mass is 10.1. The van der Waals surface area contributed by atoms with E-state index in [0.29, 0.717) is 4.47 Å². The van der Waals surface area contributed by atoms with Crippen molar-refractivity contribution in [2.45, 2.75) is 20.0 Å². The van der Waals surface area contributed by atoms with Crippen molar-refractivity contribution in [3.63, 3.8) is 0 Å². The maximum atomic E-state index is 12.3. The zero-order valence-corrected chi connectivity index (χ0v) is 11.5. The van der Waals surface area contributed by atoms with Gasteiger partial charge >= 0.3 is 12.6 Å². The van der Waals surface area contributed by atoms with E-state index in [-0.39, 0.29) is 29.9 Å². The quantitative estimate of drug-likeness (QED) is 0.777. The smallest absolute Gasteiger partial charge is 0.387 e. The normalized spacial score (nSPS) is 10.1. The lowest BCUT2D eigenvalue weighted by Crippen LogP contribution is -2.11. The standard InChI is InChI=1S/C12H10BrF2NO3/c1-2-18-11(17)4-7-3-8(6-16)9(13)5-10(7)19-12(14)15/h3,5,12H,2,4H2,1H3. The molecule has 0 saturated heterocycles. The molecule has 1 rings (SSSR count). The molecule has 7 heteroatoms. The number of rotatable bonds is 5. The number of nitrogens with zero attached hydrogens (tertiary/aromatic N) is 1. The SMILES string of the molecule is CCOC(=O)Cc1cc(C#N)c(Br)cc1OC(F)F. The summed E-state index contributed by atoms with van der Waals surface area (Å²) in [6.45, 7) is -1.19. The third-order valence-corrected chi connectivity index (χ3v) is 2.78. The fourth-order valence-electron chi connectivity index (χ4n) is 1.40. The van der Waals surface area contributed by atoms with Gasteiger partial charge in [0, 0.05) is 10.0 Å². The maximum Gasteiger partial charge on any atom is 0.387 e. The Bertz CT molecular complexity index is 514. The predicted molar refractivity (Wildman–Crippen MR) is 65.8 cm³/mol. The lowest BCUT2D eigenvalue weighted by Gasteiger charge is -2.11. The molecule has 0 bridgehead atoms. The zero-order chi connectivity index (χ0) is 14.4. The molecule has 0 fully saturated rings. The highest BCUT2D eigenvalue weighted by atomic mass is 79.9. The minimum Gasteiger partial charge on any atom is -0.466 e. The molecule has 0 radical (unpaired) electrons. The molecule has 0 unspecified atom stereocenters. The summed E-state index contributed by atoms with van der Waals surface area (Å²) in [5.74, 6) is -0.734. The topological polar surface area (TPSA) is 59.3 Å². The Morgan fingerprint density at radius 2 is 2.21 bits per heavy atom. The first kappa shape index (κ1) is 15.4. The number of hydrogen-bond donors (Lipinski definition) is 0. The number of hydrogen-bond acceptors (Lipinski definition) is 4. The van der Waals surface area contributed by atoms with E-state index in [1.54, 1.807) is 6.92 Å². The van der Waals surface area contributed by atoms with Crippen LogP contribution in [0.5, 0.6) is 5.75 Å². The summed E-state index contributed by atoms with van der Waals surface area (Å²) < 4.78 is 33.9. The van der Waals surface area contributed by atoms with Crippen LogP contribution in [0.4, 0.5) is 8.78 Å². The first-order chi connectivity index (χ1) is 8.97. The maximum absolute atomic E-state index is 12.3. The summed E-state index contributed by atoms with van der Waals surface area (Å²) in [5, 5.41) is 8.87. The molecular formula is C12H10BrF2NO3. The van der Waals surface area contributed by atoms with Crippen LogP contribution in [0, 0.1) is 11.3 Å². The number of halogens is 3. The number of esters is 1. The van der Waals surface area contributed by atoms with Gasteiger partial charge in [-0.15, -0.1) is 0 Å². The van der Waals surface area contributed by atoms with Crippen LogP contribution >= 0.6 is 15.9 Å². The Hall–Kier alpha value is -1.68. The number of nitriles is 1. The molecule has 0 aliphatic heterocycles. The van der Waals surface area contributed by atoms with Crippen molar-refractivity contribution in [1.82, 2.24) is 0 Å². The highest BCUT2D eigenvalue weighted by Gasteiger charge is 2.16. The third-order valence-electron chi connectivity index (χ3n) is 2.13. The summed E-state index contributed by atoms with van der Waals surface area (Å²) >= 11 is 3.06. The van der Waals surface area contributed by atoms with Gasteiger partial charge in [-0.05, 0) is 35.0 Å². The number of benzene rings is 1. The van der Waals surface area contributed by atoms with Crippen molar-refractivity contribution in [1.29, 1.82) is 5.26 Å². The molecule has 0 spiro atoms. The van der Waals surface area contributed by atoms with E-state index in [4.69, 9.17) is 10.00 Å². The van der Waals surface area contributed by atoms with E-state index in [0.717, 1.165) is 0 Å². The predicted octanol–water partition coefficient (Wildman–Crippen LogP) is 3.03. The minimum absolute atomic E-state index is 0.158. The Morgan fingerprint density at radius 3 is 2.74 bits per heavy atom. The van der Waals surface area contributed by atoms with Gasteiger partial charge in [-0.1, -0.05) is 0 Å². The molecule has 4 nitrogen and oxygen atoms in total. The Kier molecular flexibility index (Phi) is 5.70. The van der Waals surface area contributed by atoms with Crippen molar-refractivity contribution in [3.05, 3.63) is 27.7 Å². The molecule has 0 heterocycles. The molecular weight excluding hydrogens is 324 g/mol. The second kappa shape index (κ2) is 7.04. The summed E-state index contributed by atoms with van der Waals surface area (Å²) in [5.41, 5.74) is 0.402. The molecule has 102 valence electrons. The summed E-state index contributed by atoms with van der Waals surface area (Å²) in [6, 6.07) is 4.43. The second-order valence-corrected chi connectivity index (χ2v) is 4.27. The first-order valence-corrected chi connectivity index (χ1v) is 6.10. The van der Waals surface area contributed by atoms with Gasteiger partial charge in [-0.3, -0.25) is 4.79 Å². The number of alkyl halides is 2. The van der Waals surface area contributed by atoms with Crippen LogP contribution in [0.15, 0.2) is 16.6 Å². The summed E-state index contributed by atoms with van der Waals surface area (Å²) in [4.78, 5) is 11.4.